The average Bonchev–Trinajstić information content (AvgIpc) is 3.09. The van der Waals surface area contributed by atoms with Gasteiger partial charge in [0.05, 0.1) is 21.2 Å². The fraction of sp³-hybridized carbons (Fsp3) is 0.333. The van der Waals surface area contributed by atoms with Crippen molar-refractivity contribution in [1.82, 2.24) is 4.98 Å². The van der Waals surface area contributed by atoms with Crippen molar-refractivity contribution in [2.45, 2.75) is 31.4 Å². The molecule has 3 aromatic rings. The molecule has 1 aliphatic rings. The molecular weight excluding hydrogens is 401 g/mol. The zero-order valence-electron chi connectivity index (χ0n) is 15.7. The van der Waals surface area contributed by atoms with E-state index in [4.69, 9.17) is 4.74 Å². The molecule has 29 heavy (non-hydrogen) atoms. The summed E-state index contributed by atoms with van der Waals surface area (Å²) in [5.74, 6) is -0.351. The van der Waals surface area contributed by atoms with Crippen LogP contribution in [0.4, 0.5) is 18.3 Å². The summed E-state index contributed by atoms with van der Waals surface area (Å²) < 4.78 is 46.0. The minimum Gasteiger partial charge on any atom is -0.381 e. The second kappa shape index (κ2) is 7.42. The number of ether oxygens (including phenoxy) is 1. The highest BCUT2D eigenvalue weighted by atomic mass is 32.1. The summed E-state index contributed by atoms with van der Waals surface area (Å²) in [6.07, 6.45) is -3.85. The summed E-state index contributed by atoms with van der Waals surface area (Å²) >= 11 is 1.35. The summed E-state index contributed by atoms with van der Waals surface area (Å²) in [6.45, 7) is 2.59. The summed E-state index contributed by atoms with van der Waals surface area (Å²) in [5, 5.41) is 3.29. The Hall–Kier alpha value is -2.45. The lowest BCUT2D eigenvalue weighted by molar-refractivity contribution is -0.138. The molecule has 0 unspecified atom stereocenters. The number of carbonyl (C=O) groups is 1. The zero-order chi connectivity index (χ0) is 20.6. The van der Waals surface area contributed by atoms with E-state index in [1.54, 1.807) is 6.07 Å². The Kier molecular flexibility index (Phi) is 5.08. The number of carbonyl (C=O) groups excluding carboxylic acids is 1. The van der Waals surface area contributed by atoms with Crippen molar-refractivity contribution in [2.24, 2.45) is 0 Å². The van der Waals surface area contributed by atoms with E-state index in [0.29, 0.717) is 36.8 Å². The van der Waals surface area contributed by atoms with Gasteiger partial charge in [0.25, 0.3) is 0 Å². The number of hydrogen-bond acceptors (Lipinski definition) is 4. The maximum Gasteiger partial charge on any atom is 0.416 e. The standard InChI is InChI=1S/C21H19F3N2O2S/c1-13-5-6-16-17(11-13)29-19(25-16)26-18(27)20(7-9-28-10-8-20)14-3-2-4-15(12-14)21(22,23)24/h2-6,11-12H,7-10H2,1H3,(H,25,26,27). The smallest absolute Gasteiger partial charge is 0.381 e. The van der Waals surface area contributed by atoms with Gasteiger partial charge in [-0.15, -0.1) is 0 Å². The number of aromatic nitrogens is 1. The van der Waals surface area contributed by atoms with E-state index in [9.17, 15) is 18.0 Å². The van der Waals surface area contributed by atoms with Gasteiger partial charge in [0.1, 0.15) is 0 Å². The average molecular weight is 420 g/mol. The Morgan fingerprint density at radius 1 is 1.17 bits per heavy atom. The number of amides is 1. The molecule has 4 nitrogen and oxygen atoms in total. The van der Waals surface area contributed by atoms with Gasteiger partial charge in [0.15, 0.2) is 5.13 Å². The number of aryl methyl sites for hydroxylation is 1. The van der Waals surface area contributed by atoms with Crippen molar-refractivity contribution >= 4 is 32.6 Å². The second-order valence-corrected chi connectivity index (χ2v) is 8.25. The van der Waals surface area contributed by atoms with Crippen molar-refractivity contribution in [3.63, 3.8) is 0 Å². The van der Waals surface area contributed by atoms with Crippen molar-refractivity contribution in [3.05, 3.63) is 59.2 Å². The lowest BCUT2D eigenvalue weighted by Crippen LogP contribution is -2.45. The fourth-order valence-electron chi connectivity index (χ4n) is 3.66. The van der Waals surface area contributed by atoms with Crippen LogP contribution in [0.2, 0.25) is 0 Å². The molecule has 0 saturated carbocycles. The molecule has 152 valence electrons. The number of rotatable bonds is 3. The first kappa shape index (κ1) is 19.8. The number of benzene rings is 2. The van der Waals surface area contributed by atoms with E-state index in [1.165, 1.54) is 17.4 Å². The van der Waals surface area contributed by atoms with Gasteiger partial charge in [-0.2, -0.15) is 13.2 Å². The van der Waals surface area contributed by atoms with Crippen LogP contribution in [0.25, 0.3) is 10.2 Å². The van der Waals surface area contributed by atoms with Gasteiger partial charge in [-0.3, -0.25) is 4.79 Å². The highest BCUT2D eigenvalue weighted by Crippen LogP contribution is 2.39. The van der Waals surface area contributed by atoms with Crippen LogP contribution in [0, 0.1) is 6.92 Å². The summed E-state index contributed by atoms with van der Waals surface area (Å²) in [5.41, 5.74) is 0.363. The van der Waals surface area contributed by atoms with Gasteiger partial charge in [0, 0.05) is 13.2 Å². The maximum absolute atomic E-state index is 13.3. The number of fused-ring (bicyclic) bond motifs is 1. The normalized spacial score (nSPS) is 16.7. The highest BCUT2D eigenvalue weighted by molar-refractivity contribution is 7.22. The van der Waals surface area contributed by atoms with Crippen LogP contribution >= 0.6 is 11.3 Å². The molecule has 1 amide bonds. The van der Waals surface area contributed by atoms with Crippen LogP contribution in [-0.2, 0) is 21.1 Å². The lowest BCUT2D eigenvalue weighted by Gasteiger charge is -2.36. The van der Waals surface area contributed by atoms with Gasteiger partial charge in [-0.1, -0.05) is 35.6 Å². The van der Waals surface area contributed by atoms with E-state index < -0.39 is 17.2 Å². The molecule has 0 bridgehead atoms. The largest absolute Gasteiger partial charge is 0.416 e. The lowest BCUT2D eigenvalue weighted by atomic mass is 9.73. The summed E-state index contributed by atoms with van der Waals surface area (Å²) in [4.78, 5) is 17.8. The predicted octanol–water partition coefficient (Wildman–Crippen LogP) is 5.31. The number of nitrogens with one attached hydrogen (secondary N) is 1. The first-order valence-corrected chi connectivity index (χ1v) is 10.0. The molecule has 1 saturated heterocycles. The third kappa shape index (κ3) is 3.86. The topological polar surface area (TPSA) is 51.2 Å². The molecule has 0 radical (unpaired) electrons. The van der Waals surface area contributed by atoms with E-state index in [1.807, 2.05) is 25.1 Å². The van der Waals surface area contributed by atoms with E-state index in [-0.39, 0.29) is 5.91 Å². The molecule has 0 atom stereocenters. The molecule has 4 rings (SSSR count). The van der Waals surface area contributed by atoms with E-state index in [0.717, 1.165) is 27.9 Å². The summed E-state index contributed by atoms with van der Waals surface area (Å²) in [7, 11) is 0. The Balaban J connectivity index is 1.69. The first-order valence-electron chi connectivity index (χ1n) is 9.22. The Bertz CT molecular complexity index is 1060. The van der Waals surface area contributed by atoms with Crippen molar-refractivity contribution in [1.29, 1.82) is 0 Å². The van der Waals surface area contributed by atoms with Crippen LogP contribution in [0.3, 0.4) is 0 Å². The highest BCUT2D eigenvalue weighted by Gasteiger charge is 2.43. The fourth-order valence-corrected chi connectivity index (χ4v) is 4.62. The van der Waals surface area contributed by atoms with Gasteiger partial charge >= 0.3 is 6.18 Å². The van der Waals surface area contributed by atoms with Gasteiger partial charge in [-0.25, -0.2) is 4.98 Å². The predicted molar refractivity (Wildman–Crippen MR) is 106 cm³/mol. The van der Waals surface area contributed by atoms with Crippen LogP contribution in [0.15, 0.2) is 42.5 Å². The first-order chi connectivity index (χ1) is 13.8. The molecule has 1 aliphatic heterocycles. The Labute approximate surface area is 169 Å². The minimum absolute atomic E-state index is 0.308. The molecule has 0 spiro atoms. The van der Waals surface area contributed by atoms with Crippen molar-refractivity contribution < 1.29 is 22.7 Å². The van der Waals surface area contributed by atoms with Crippen molar-refractivity contribution in [3.8, 4) is 0 Å². The molecule has 0 aliphatic carbocycles. The zero-order valence-corrected chi connectivity index (χ0v) is 16.5. The molecule has 1 aromatic heterocycles. The molecule has 1 fully saturated rings. The molecule has 2 aromatic carbocycles. The van der Waals surface area contributed by atoms with Crippen LogP contribution in [0.1, 0.15) is 29.5 Å². The maximum atomic E-state index is 13.3. The number of halogens is 3. The van der Waals surface area contributed by atoms with Gasteiger partial charge in [0.2, 0.25) is 5.91 Å². The Morgan fingerprint density at radius 2 is 1.93 bits per heavy atom. The van der Waals surface area contributed by atoms with E-state index in [2.05, 4.69) is 10.3 Å². The third-order valence-electron chi connectivity index (χ3n) is 5.29. The SMILES string of the molecule is Cc1ccc2nc(NC(=O)C3(c4cccc(C(F)(F)F)c4)CCOCC3)sc2c1. The van der Waals surface area contributed by atoms with Gasteiger partial charge in [-0.05, 0) is 49.1 Å². The van der Waals surface area contributed by atoms with E-state index >= 15 is 0 Å². The third-order valence-corrected chi connectivity index (χ3v) is 6.22. The molecular formula is C21H19F3N2O2S. The van der Waals surface area contributed by atoms with Crippen molar-refractivity contribution in [2.75, 3.05) is 18.5 Å². The monoisotopic (exact) mass is 420 g/mol. The second-order valence-electron chi connectivity index (χ2n) is 7.22. The Morgan fingerprint density at radius 3 is 2.66 bits per heavy atom. The minimum atomic E-state index is -4.47. The quantitative estimate of drug-likeness (QED) is 0.625. The molecule has 8 heteroatoms. The van der Waals surface area contributed by atoms with Gasteiger partial charge < -0.3 is 10.1 Å². The number of alkyl halides is 3. The van der Waals surface area contributed by atoms with Crippen LogP contribution in [-0.4, -0.2) is 24.1 Å². The molecule has 1 N–H and O–H groups in total. The van der Waals surface area contributed by atoms with Crippen LogP contribution < -0.4 is 5.32 Å². The number of hydrogen-bond donors (Lipinski definition) is 1. The summed E-state index contributed by atoms with van der Waals surface area (Å²) in [6, 6.07) is 10.8. The molecule has 2 heterocycles. The number of nitrogens with zero attached hydrogens (tertiary/aromatic N) is 1. The number of anilines is 1. The number of thiazole rings is 1. The van der Waals surface area contributed by atoms with Crippen LogP contribution in [0.5, 0.6) is 0 Å².